The Labute approximate surface area is 220 Å². The van der Waals surface area contributed by atoms with Gasteiger partial charge in [-0.15, -0.1) is 0 Å². The fourth-order valence-electron chi connectivity index (χ4n) is 3.91. The second-order valence-corrected chi connectivity index (χ2v) is 10.9. The highest BCUT2D eigenvalue weighted by atomic mass is 32.2. The molecular formula is C29H35NO6S. The van der Waals surface area contributed by atoms with Crippen molar-refractivity contribution in [2.45, 2.75) is 44.6 Å². The minimum atomic E-state index is -3.79. The Morgan fingerprint density at radius 2 is 1.49 bits per heavy atom. The van der Waals surface area contributed by atoms with Crippen LogP contribution in [0.2, 0.25) is 0 Å². The molecule has 8 heteroatoms. The SMILES string of the molecule is CCOC(=O)c1ccc(CN(CCc2ccc(OC)c(OC)c2)S(=O)(=O)c2ccc(C(C)C)cc2)cc1. The van der Waals surface area contributed by atoms with Crippen molar-refractivity contribution in [2.24, 2.45) is 0 Å². The van der Waals surface area contributed by atoms with E-state index in [4.69, 9.17) is 14.2 Å². The fraction of sp³-hybridized carbons (Fsp3) is 0.345. The van der Waals surface area contributed by atoms with Gasteiger partial charge in [-0.3, -0.25) is 0 Å². The smallest absolute Gasteiger partial charge is 0.338 e. The Kier molecular flexibility index (Phi) is 9.72. The lowest BCUT2D eigenvalue weighted by molar-refractivity contribution is 0.0526. The van der Waals surface area contributed by atoms with Crippen molar-refractivity contribution >= 4 is 16.0 Å². The Hall–Kier alpha value is -3.36. The fourth-order valence-corrected chi connectivity index (χ4v) is 5.34. The summed E-state index contributed by atoms with van der Waals surface area (Å²) in [4.78, 5) is 12.3. The first-order valence-electron chi connectivity index (χ1n) is 12.3. The number of methoxy groups -OCH3 is 2. The lowest BCUT2D eigenvalue weighted by Crippen LogP contribution is -2.32. The van der Waals surface area contributed by atoms with Gasteiger partial charge in [0.2, 0.25) is 10.0 Å². The molecular weight excluding hydrogens is 490 g/mol. The second kappa shape index (κ2) is 12.7. The van der Waals surface area contributed by atoms with Gasteiger partial charge in [0.25, 0.3) is 0 Å². The van der Waals surface area contributed by atoms with E-state index in [0.29, 0.717) is 36.0 Å². The van der Waals surface area contributed by atoms with E-state index in [1.165, 1.54) is 4.31 Å². The van der Waals surface area contributed by atoms with Gasteiger partial charge in [0, 0.05) is 13.1 Å². The summed E-state index contributed by atoms with van der Waals surface area (Å²) in [6.07, 6.45) is 0.477. The number of benzene rings is 3. The highest BCUT2D eigenvalue weighted by Crippen LogP contribution is 2.28. The molecule has 37 heavy (non-hydrogen) atoms. The van der Waals surface area contributed by atoms with Crippen LogP contribution in [0.1, 0.15) is 53.7 Å². The maximum Gasteiger partial charge on any atom is 0.338 e. The molecule has 0 N–H and O–H groups in total. The normalized spacial score (nSPS) is 11.5. The molecule has 0 aliphatic heterocycles. The standard InChI is InChI=1S/C29H35NO6S/c1-6-36-29(31)25-10-7-23(8-11-25)20-30(18-17-22-9-16-27(34-4)28(19-22)35-5)37(32,33)26-14-12-24(13-15-26)21(2)3/h7-16,19,21H,6,17-18,20H2,1-5H3. The van der Waals surface area contributed by atoms with Crippen molar-refractivity contribution in [3.05, 3.63) is 89.0 Å². The van der Waals surface area contributed by atoms with E-state index >= 15 is 0 Å². The molecule has 198 valence electrons. The van der Waals surface area contributed by atoms with Crippen LogP contribution < -0.4 is 9.47 Å². The van der Waals surface area contributed by atoms with Crippen LogP contribution in [0.3, 0.4) is 0 Å². The van der Waals surface area contributed by atoms with E-state index in [1.807, 2.05) is 30.3 Å². The molecule has 0 spiro atoms. The number of rotatable bonds is 12. The average molecular weight is 526 g/mol. The van der Waals surface area contributed by atoms with E-state index < -0.39 is 16.0 Å². The minimum absolute atomic E-state index is 0.157. The quantitative estimate of drug-likeness (QED) is 0.293. The van der Waals surface area contributed by atoms with Crippen LogP contribution in [0.25, 0.3) is 0 Å². The van der Waals surface area contributed by atoms with Gasteiger partial charge in [0.15, 0.2) is 11.5 Å². The Balaban J connectivity index is 1.89. The van der Waals surface area contributed by atoms with E-state index in [0.717, 1.165) is 16.7 Å². The predicted molar refractivity (Wildman–Crippen MR) is 144 cm³/mol. The molecule has 0 aromatic heterocycles. The third kappa shape index (κ3) is 7.11. The van der Waals surface area contributed by atoms with Crippen molar-refractivity contribution in [3.63, 3.8) is 0 Å². The van der Waals surface area contributed by atoms with Crippen molar-refractivity contribution in [1.29, 1.82) is 0 Å². The van der Waals surface area contributed by atoms with Crippen LogP contribution in [0, 0.1) is 0 Å². The van der Waals surface area contributed by atoms with Gasteiger partial charge in [-0.1, -0.05) is 44.2 Å². The lowest BCUT2D eigenvalue weighted by atomic mass is 10.0. The topological polar surface area (TPSA) is 82.1 Å². The molecule has 0 heterocycles. The van der Waals surface area contributed by atoms with Gasteiger partial charge in [0.1, 0.15) is 0 Å². The van der Waals surface area contributed by atoms with Crippen molar-refractivity contribution < 1.29 is 27.4 Å². The third-order valence-electron chi connectivity index (χ3n) is 6.11. The number of sulfonamides is 1. The van der Waals surface area contributed by atoms with Crippen LogP contribution in [-0.2, 0) is 27.7 Å². The Morgan fingerprint density at radius 3 is 2.05 bits per heavy atom. The van der Waals surface area contributed by atoms with Crippen LogP contribution in [0.15, 0.2) is 71.6 Å². The van der Waals surface area contributed by atoms with Crippen LogP contribution in [0.4, 0.5) is 0 Å². The highest BCUT2D eigenvalue weighted by Gasteiger charge is 2.25. The molecule has 0 bridgehead atoms. The largest absolute Gasteiger partial charge is 0.493 e. The Bertz CT molecular complexity index is 1280. The second-order valence-electron chi connectivity index (χ2n) is 8.92. The van der Waals surface area contributed by atoms with Gasteiger partial charge in [0.05, 0.1) is 31.3 Å². The van der Waals surface area contributed by atoms with E-state index in [-0.39, 0.29) is 18.0 Å². The highest BCUT2D eigenvalue weighted by molar-refractivity contribution is 7.89. The summed E-state index contributed by atoms with van der Waals surface area (Å²) in [7, 11) is -0.648. The summed E-state index contributed by atoms with van der Waals surface area (Å²) in [6, 6.07) is 19.4. The van der Waals surface area contributed by atoms with Gasteiger partial charge in [-0.25, -0.2) is 13.2 Å². The van der Waals surface area contributed by atoms with E-state index in [9.17, 15) is 13.2 Å². The first-order valence-corrected chi connectivity index (χ1v) is 13.7. The zero-order valence-electron chi connectivity index (χ0n) is 22.1. The van der Waals surface area contributed by atoms with Crippen molar-refractivity contribution in [3.8, 4) is 11.5 Å². The molecule has 3 aromatic carbocycles. The number of ether oxygens (including phenoxy) is 3. The molecule has 3 rings (SSSR count). The molecule has 0 saturated carbocycles. The van der Waals surface area contributed by atoms with Crippen molar-refractivity contribution in [1.82, 2.24) is 4.31 Å². The molecule has 0 radical (unpaired) electrons. The van der Waals surface area contributed by atoms with Gasteiger partial charge < -0.3 is 14.2 Å². The van der Waals surface area contributed by atoms with Gasteiger partial charge >= 0.3 is 5.97 Å². The number of carbonyl (C=O) groups excluding carboxylic acids is 1. The molecule has 0 amide bonds. The van der Waals surface area contributed by atoms with E-state index in [1.54, 1.807) is 57.5 Å². The maximum absolute atomic E-state index is 13.7. The molecule has 0 atom stereocenters. The van der Waals surface area contributed by atoms with Crippen LogP contribution in [0.5, 0.6) is 11.5 Å². The lowest BCUT2D eigenvalue weighted by Gasteiger charge is -2.23. The molecule has 0 saturated heterocycles. The number of hydrogen-bond acceptors (Lipinski definition) is 6. The third-order valence-corrected chi connectivity index (χ3v) is 7.97. The average Bonchev–Trinajstić information content (AvgIpc) is 2.91. The van der Waals surface area contributed by atoms with Gasteiger partial charge in [-0.2, -0.15) is 4.31 Å². The molecule has 0 aliphatic rings. The summed E-state index contributed by atoms with van der Waals surface area (Å²) in [5, 5.41) is 0. The molecule has 0 fully saturated rings. The molecule has 0 unspecified atom stereocenters. The first kappa shape index (κ1) is 28.2. The summed E-state index contributed by atoms with van der Waals surface area (Å²) < 4.78 is 44.7. The maximum atomic E-state index is 13.7. The molecule has 3 aromatic rings. The zero-order valence-corrected chi connectivity index (χ0v) is 22.9. The minimum Gasteiger partial charge on any atom is -0.493 e. The summed E-state index contributed by atoms with van der Waals surface area (Å²) in [6.45, 7) is 6.59. The number of esters is 1. The monoisotopic (exact) mass is 525 g/mol. The molecule has 0 aliphatic carbocycles. The number of nitrogens with zero attached hydrogens (tertiary/aromatic N) is 1. The van der Waals surface area contributed by atoms with Crippen molar-refractivity contribution in [2.75, 3.05) is 27.4 Å². The predicted octanol–water partition coefficient (Wildman–Crippen LogP) is 5.44. The number of carbonyl (C=O) groups is 1. The van der Waals surface area contributed by atoms with Crippen LogP contribution in [-0.4, -0.2) is 46.1 Å². The Morgan fingerprint density at radius 1 is 0.865 bits per heavy atom. The summed E-state index contributed by atoms with van der Waals surface area (Å²) in [5.41, 5.74) is 3.19. The van der Waals surface area contributed by atoms with Gasteiger partial charge in [-0.05, 0) is 72.4 Å². The van der Waals surface area contributed by atoms with E-state index in [2.05, 4.69) is 13.8 Å². The first-order chi connectivity index (χ1) is 17.7. The number of hydrogen-bond donors (Lipinski definition) is 0. The summed E-state index contributed by atoms with van der Waals surface area (Å²) >= 11 is 0. The zero-order chi connectivity index (χ0) is 27.0. The molecule has 7 nitrogen and oxygen atoms in total. The summed E-state index contributed by atoms with van der Waals surface area (Å²) in [5.74, 6) is 1.10. The van der Waals surface area contributed by atoms with Crippen LogP contribution >= 0.6 is 0 Å².